The van der Waals surface area contributed by atoms with Crippen molar-refractivity contribution in [1.29, 1.82) is 0 Å². The first-order chi connectivity index (χ1) is 13.5. The number of aliphatic hydroxyl groups is 1. The Morgan fingerprint density at radius 1 is 0.586 bits per heavy atom. The maximum atomic E-state index is 8.43. The van der Waals surface area contributed by atoms with Gasteiger partial charge in [-0.3, -0.25) is 0 Å². The second kappa shape index (κ2) is 25.9. The van der Waals surface area contributed by atoms with Gasteiger partial charge in [0.25, 0.3) is 0 Å². The van der Waals surface area contributed by atoms with Gasteiger partial charge in [0.1, 0.15) is 0 Å². The highest BCUT2D eigenvalue weighted by Gasteiger charge is 1.96. The van der Waals surface area contributed by atoms with Gasteiger partial charge in [0.15, 0.2) is 0 Å². The van der Waals surface area contributed by atoms with Gasteiger partial charge in [-0.05, 0) is 18.3 Å². The number of aliphatic hydroxyl groups excluding tert-OH is 1. The van der Waals surface area contributed by atoms with Crippen LogP contribution in [0.4, 0.5) is 0 Å². The fraction of sp³-hybridized carbons (Fsp3) is 1.00. The van der Waals surface area contributed by atoms with Crippen molar-refractivity contribution in [2.75, 3.05) is 27.4 Å². The molecule has 1 atom stereocenters. The Bertz CT molecular complexity index is 211. The van der Waals surface area contributed by atoms with Crippen molar-refractivity contribution in [1.82, 2.24) is 0 Å². The first-order valence-electron chi connectivity index (χ1n) is 12.2. The van der Waals surface area contributed by atoms with Crippen LogP contribution in [0.15, 0.2) is 0 Å². The van der Waals surface area contributed by atoms with Gasteiger partial charge in [0.05, 0.1) is 12.7 Å². The van der Waals surface area contributed by atoms with Crippen LogP contribution in [0, 0.1) is 11.3 Å². The van der Waals surface area contributed by atoms with Crippen LogP contribution in [0.1, 0.15) is 126 Å². The topological polar surface area (TPSA) is 38.7 Å². The molecule has 1 unspecified atom stereocenters. The number of ether oxygens (including phenoxy) is 2. The van der Waals surface area contributed by atoms with E-state index < -0.39 is 0 Å². The third-order valence-corrected chi connectivity index (χ3v) is 3.91. The predicted molar refractivity (Wildman–Crippen MR) is 131 cm³/mol. The monoisotopic (exact) mass is 418 g/mol. The molecule has 0 aromatic rings. The summed E-state index contributed by atoms with van der Waals surface area (Å²) >= 11 is 0. The van der Waals surface area contributed by atoms with Gasteiger partial charge in [-0.2, -0.15) is 0 Å². The Morgan fingerprint density at radius 3 is 0.828 bits per heavy atom. The molecule has 0 bridgehead atoms. The molecule has 29 heavy (non-hydrogen) atoms. The molecule has 1 N–H and O–H groups in total. The SMILES string of the molecule is C1CCCCC1.C1CCCCC1.CC(C)(C)C.COCC(C)C.COCC(C)O. The van der Waals surface area contributed by atoms with Crippen LogP contribution < -0.4 is 0 Å². The molecule has 0 amide bonds. The van der Waals surface area contributed by atoms with Crippen LogP contribution in [-0.2, 0) is 9.47 Å². The highest BCUT2D eigenvalue weighted by molar-refractivity contribution is 4.51. The van der Waals surface area contributed by atoms with Crippen molar-refractivity contribution < 1.29 is 14.6 Å². The van der Waals surface area contributed by atoms with Crippen LogP contribution in [0.5, 0.6) is 0 Å². The molecule has 2 fully saturated rings. The van der Waals surface area contributed by atoms with Gasteiger partial charge in [-0.15, -0.1) is 0 Å². The molecule has 3 nitrogen and oxygen atoms in total. The molecule has 0 spiro atoms. The van der Waals surface area contributed by atoms with Crippen molar-refractivity contribution in [3.8, 4) is 0 Å². The summed E-state index contributed by atoms with van der Waals surface area (Å²) in [5.74, 6) is 0.676. The smallest absolute Gasteiger partial charge is 0.0745 e. The average Bonchev–Trinajstić information content (AvgIpc) is 2.64. The van der Waals surface area contributed by atoms with Crippen LogP contribution >= 0.6 is 0 Å². The molecule has 0 radical (unpaired) electrons. The molecule has 0 heterocycles. The first-order valence-corrected chi connectivity index (χ1v) is 12.2. The Hall–Kier alpha value is -0.120. The summed E-state index contributed by atoms with van der Waals surface area (Å²) in [5.41, 5.74) is 0.500. The molecular formula is C26H58O3. The van der Waals surface area contributed by atoms with E-state index in [9.17, 15) is 0 Å². The summed E-state index contributed by atoms with van der Waals surface area (Å²) in [6.45, 7) is 16.0. The van der Waals surface area contributed by atoms with Crippen LogP contribution in [-0.4, -0.2) is 38.6 Å². The second-order valence-corrected chi connectivity index (χ2v) is 10.4. The molecule has 2 rings (SSSR count). The molecule has 0 saturated heterocycles. The van der Waals surface area contributed by atoms with Crippen LogP contribution in [0.2, 0.25) is 0 Å². The van der Waals surface area contributed by atoms with E-state index in [-0.39, 0.29) is 6.10 Å². The molecule has 180 valence electrons. The number of methoxy groups -OCH3 is 2. The molecule has 2 aliphatic rings. The third-order valence-electron chi connectivity index (χ3n) is 3.91. The van der Waals surface area contributed by atoms with E-state index >= 15 is 0 Å². The molecular weight excluding hydrogens is 360 g/mol. The maximum absolute atomic E-state index is 8.43. The van der Waals surface area contributed by atoms with Crippen LogP contribution in [0.3, 0.4) is 0 Å². The van der Waals surface area contributed by atoms with Crippen molar-refractivity contribution >= 4 is 0 Å². The van der Waals surface area contributed by atoms with Gasteiger partial charge in [-0.1, -0.05) is 119 Å². The quantitative estimate of drug-likeness (QED) is 0.502. The minimum absolute atomic E-state index is 0.324. The number of hydrogen-bond acceptors (Lipinski definition) is 3. The number of rotatable bonds is 4. The Kier molecular flexibility index (Phi) is 30.0. The largest absolute Gasteiger partial charge is 0.391 e. The number of hydrogen-bond donors (Lipinski definition) is 1. The Labute approximate surface area is 185 Å². The van der Waals surface area contributed by atoms with E-state index in [1.54, 1.807) is 21.1 Å². The average molecular weight is 419 g/mol. The fourth-order valence-corrected chi connectivity index (χ4v) is 2.70. The summed E-state index contributed by atoms with van der Waals surface area (Å²) in [6, 6.07) is 0. The Balaban J connectivity index is -0.000000292. The minimum atomic E-state index is -0.324. The summed E-state index contributed by atoms with van der Waals surface area (Å²) in [4.78, 5) is 0. The summed E-state index contributed by atoms with van der Waals surface area (Å²) in [6.07, 6.45) is 17.7. The molecule has 0 aromatic heterocycles. The van der Waals surface area contributed by atoms with Crippen molar-refractivity contribution in [2.45, 2.75) is 132 Å². The highest BCUT2D eigenvalue weighted by Crippen LogP contribution is 2.15. The van der Waals surface area contributed by atoms with Crippen molar-refractivity contribution in [2.24, 2.45) is 11.3 Å². The van der Waals surface area contributed by atoms with Gasteiger partial charge in [0.2, 0.25) is 0 Å². The Morgan fingerprint density at radius 2 is 0.793 bits per heavy atom. The van der Waals surface area contributed by atoms with Gasteiger partial charge in [-0.25, -0.2) is 0 Å². The van der Waals surface area contributed by atoms with Gasteiger partial charge >= 0.3 is 0 Å². The minimum Gasteiger partial charge on any atom is -0.391 e. The molecule has 3 heteroatoms. The van der Waals surface area contributed by atoms with E-state index in [0.717, 1.165) is 6.61 Å². The zero-order chi connectivity index (χ0) is 23.0. The van der Waals surface area contributed by atoms with E-state index in [1.807, 2.05) is 0 Å². The lowest BCUT2D eigenvalue weighted by Crippen LogP contribution is -2.07. The normalized spacial score (nSPS) is 17.1. The lowest BCUT2D eigenvalue weighted by molar-refractivity contribution is 0.0765. The fourth-order valence-electron chi connectivity index (χ4n) is 2.70. The summed E-state index contributed by atoms with van der Waals surface area (Å²) in [5, 5.41) is 8.43. The lowest BCUT2D eigenvalue weighted by Gasteiger charge is -2.05. The predicted octanol–water partition coefficient (Wildman–Crippen LogP) is 8.04. The lowest BCUT2D eigenvalue weighted by atomic mass is 10.0. The standard InChI is InChI=1S/2C6H12.C5H12O.C5H12.C4H10O2/c2*1-2-4-6-5-3-1;1-5(2)4-6-3;1-5(2,3)4;1-4(5)3-6-2/h2*1-6H2;5H,4H2,1-3H3;1-4H3;4-5H,3H2,1-2H3. The molecule has 0 aliphatic heterocycles. The second-order valence-electron chi connectivity index (χ2n) is 10.4. The molecule has 2 saturated carbocycles. The highest BCUT2D eigenvalue weighted by atomic mass is 16.5. The third kappa shape index (κ3) is 58.4. The first kappa shape index (κ1) is 33.5. The summed E-state index contributed by atoms with van der Waals surface area (Å²) in [7, 11) is 3.28. The van der Waals surface area contributed by atoms with Crippen molar-refractivity contribution in [3.63, 3.8) is 0 Å². The van der Waals surface area contributed by atoms with E-state index in [0.29, 0.717) is 17.9 Å². The van der Waals surface area contributed by atoms with Gasteiger partial charge in [0, 0.05) is 20.8 Å². The molecule has 0 aromatic carbocycles. The summed E-state index contributed by atoms with van der Waals surface area (Å²) < 4.78 is 9.36. The maximum Gasteiger partial charge on any atom is 0.0745 e. The zero-order valence-corrected chi connectivity index (χ0v) is 21.8. The van der Waals surface area contributed by atoms with E-state index in [1.165, 1.54) is 77.0 Å². The van der Waals surface area contributed by atoms with Crippen LogP contribution in [0.25, 0.3) is 0 Å². The van der Waals surface area contributed by atoms with E-state index in [4.69, 9.17) is 9.84 Å². The van der Waals surface area contributed by atoms with E-state index in [2.05, 4.69) is 46.3 Å². The zero-order valence-electron chi connectivity index (χ0n) is 21.8. The molecule has 2 aliphatic carbocycles. The van der Waals surface area contributed by atoms with Crippen molar-refractivity contribution in [3.05, 3.63) is 0 Å². The van der Waals surface area contributed by atoms with Gasteiger partial charge < -0.3 is 14.6 Å².